The first kappa shape index (κ1) is 13.1. The topological polar surface area (TPSA) is 46.9 Å². The highest BCUT2D eigenvalue weighted by Gasteiger charge is 2.16. The monoisotopic (exact) mass is 241 g/mol. The Morgan fingerprint density at radius 3 is 2.75 bits per heavy atom. The minimum Gasteiger partial charge on any atom is -0.355 e. The molecule has 1 aromatic rings. The third-order valence-electron chi connectivity index (χ3n) is 2.11. The lowest BCUT2D eigenvalue weighted by Crippen LogP contribution is -2.33. The lowest BCUT2D eigenvalue weighted by atomic mass is 10.2. The maximum atomic E-state index is 11.7. The second-order valence-electron chi connectivity index (χ2n) is 4.22. The molecule has 1 amide bonds. The van der Waals surface area contributed by atoms with E-state index in [-0.39, 0.29) is 11.2 Å². The average Bonchev–Trinajstić information content (AvgIpc) is 2.60. The first-order valence-corrected chi connectivity index (χ1v) is 6.30. The minimum atomic E-state index is -0.111. The molecule has 0 radical (unpaired) electrons. The van der Waals surface area contributed by atoms with Gasteiger partial charge in [-0.1, -0.05) is 25.6 Å². The fourth-order valence-corrected chi connectivity index (χ4v) is 1.98. The molecule has 16 heavy (non-hydrogen) atoms. The molecule has 0 aliphatic heterocycles. The van der Waals surface area contributed by atoms with Crippen LogP contribution in [0.15, 0.2) is 17.6 Å². The fourth-order valence-electron chi connectivity index (χ4n) is 1.13. The molecular weight excluding hydrogens is 222 g/mol. The summed E-state index contributed by atoms with van der Waals surface area (Å²) in [4.78, 5) is 15.9. The molecule has 0 aromatic carbocycles. The van der Waals surface area contributed by atoms with Crippen molar-refractivity contribution in [2.75, 3.05) is 6.54 Å². The molecule has 4 nitrogen and oxygen atoms in total. The molecule has 1 aromatic heterocycles. The summed E-state index contributed by atoms with van der Waals surface area (Å²) in [6.45, 7) is 6.78. The second kappa shape index (κ2) is 5.94. The van der Waals surface area contributed by atoms with Gasteiger partial charge < -0.3 is 9.88 Å². The standard InChI is InChI=1S/C11H19N3OS/c1-8(2)7-13-10(15)9(3)16-11-12-5-6-14(11)4/h5-6,8-9H,7H2,1-4H3,(H,13,15)/t9-/m0/s1. The molecule has 1 heterocycles. The summed E-state index contributed by atoms with van der Waals surface area (Å²) in [5.41, 5.74) is 0. The molecule has 0 saturated carbocycles. The van der Waals surface area contributed by atoms with Gasteiger partial charge in [-0.15, -0.1) is 0 Å². The molecule has 0 aliphatic rings. The normalized spacial score (nSPS) is 12.8. The van der Waals surface area contributed by atoms with Crippen LogP contribution in [0.25, 0.3) is 0 Å². The first-order valence-electron chi connectivity index (χ1n) is 5.42. The number of aryl methyl sites for hydroxylation is 1. The quantitative estimate of drug-likeness (QED) is 0.798. The van der Waals surface area contributed by atoms with E-state index in [0.717, 1.165) is 11.7 Å². The number of carbonyl (C=O) groups excluding carboxylic acids is 1. The van der Waals surface area contributed by atoms with Crippen molar-refractivity contribution in [1.29, 1.82) is 0 Å². The molecule has 0 bridgehead atoms. The van der Waals surface area contributed by atoms with Crippen LogP contribution >= 0.6 is 11.8 Å². The van der Waals surface area contributed by atoms with E-state index < -0.39 is 0 Å². The molecule has 0 unspecified atom stereocenters. The molecule has 0 spiro atoms. The summed E-state index contributed by atoms with van der Waals surface area (Å²) < 4.78 is 1.91. The van der Waals surface area contributed by atoms with Crippen LogP contribution < -0.4 is 5.32 Å². The number of imidazole rings is 1. The number of rotatable bonds is 5. The van der Waals surface area contributed by atoms with Crippen molar-refractivity contribution in [1.82, 2.24) is 14.9 Å². The zero-order chi connectivity index (χ0) is 12.1. The number of hydrogen-bond acceptors (Lipinski definition) is 3. The lowest BCUT2D eigenvalue weighted by molar-refractivity contribution is -0.120. The highest BCUT2D eigenvalue weighted by atomic mass is 32.2. The smallest absolute Gasteiger partial charge is 0.233 e. The number of nitrogens with zero attached hydrogens (tertiary/aromatic N) is 2. The van der Waals surface area contributed by atoms with Crippen LogP contribution in [-0.2, 0) is 11.8 Å². The highest BCUT2D eigenvalue weighted by molar-refractivity contribution is 8.00. The van der Waals surface area contributed by atoms with Crippen LogP contribution in [0, 0.1) is 5.92 Å². The number of carbonyl (C=O) groups is 1. The van der Waals surface area contributed by atoms with E-state index in [1.807, 2.05) is 24.7 Å². The van der Waals surface area contributed by atoms with Gasteiger partial charge in [0.2, 0.25) is 5.91 Å². The molecule has 0 fully saturated rings. The SMILES string of the molecule is CC(C)CNC(=O)[C@H](C)Sc1nccn1C. The van der Waals surface area contributed by atoms with Gasteiger partial charge in [-0.3, -0.25) is 4.79 Å². The van der Waals surface area contributed by atoms with E-state index in [0.29, 0.717) is 5.92 Å². The maximum absolute atomic E-state index is 11.7. The van der Waals surface area contributed by atoms with Gasteiger partial charge in [0, 0.05) is 26.0 Å². The summed E-state index contributed by atoms with van der Waals surface area (Å²) in [5.74, 6) is 0.552. The largest absolute Gasteiger partial charge is 0.355 e. The molecule has 1 N–H and O–H groups in total. The molecule has 1 rings (SSSR count). The molecule has 5 heteroatoms. The van der Waals surface area contributed by atoms with Crippen LogP contribution in [0.1, 0.15) is 20.8 Å². The Labute approximate surface area is 101 Å². The Morgan fingerprint density at radius 1 is 1.56 bits per heavy atom. The van der Waals surface area contributed by atoms with E-state index in [1.165, 1.54) is 11.8 Å². The van der Waals surface area contributed by atoms with Gasteiger partial charge in [0.05, 0.1) is 5.25 Å². The zero-order valence-electron chi connectivity index (χ0n) is 10.2. The van der Waals surface area contributed by atoms with Gasteiger partial charge in [-0.2, -0.15) is 0 Å². The predicted molar refractivity (Wildman–Crippen MR) is 66.4 cm³/mol. The molecule has 0 saturated heterocycles. The van der Waals surface area contributed by atoms with Crippen molar-refractivity contribution < 1.29 is 4.79 Å². The van der Waals surface area contributed by atoms with Crippen molar-refractivity contribution in [3.05, 3.63) is 12.4 Å². The van der Waals surface area contributed by atoms with Crippen molar-refractivity contribution in [3.63, 3.8) is 0 Å². The summed E-state index contributed by atoms with van der Waals surface area (Å²) in [6.07, 6.45) is 3.61. The third-order valence-corrected chi connectivity index (χ3v) is 3.28. The zero-order valence-corrected chi connectivity index (χ0v) is 11.0. The van der Waals surface area contributed by atoms with Crippen LogP contribution in [0.2, 0.25) is 0 Å². The number of aromatic nitrogens is 2. The molecule has 1 atom stereocenters. The van der Waals surface area contributed by atoms with E-state index in [1.54, 1.807) is 6.20 Å². The highest BCUT2D eigenvalue weighted by Crippen LogP contribution is 2.20. The summed E-state index contributed by atoms with van der Waals surface area (Å²) in [7, 11) is 1.92. The number of hydrogen-bond donors (Lipinski definition) is 1. The number of thioether (sulfide) groups is 1. The summed E-state index contributed by atoms with van der Waals surface area (Å²) >= 11 is 1.48. The molecule has 0 aliphatic carbocycles. The van der Waals surface area contributed by atoms with E-state index in [9.17, 15) is 4.79 Å². The van der Waals surface area contributed by atoms with Gasteiger partial charge >= 0.3 is 0 Å². The third kappa shape index (κ3) is 3.89. The molecule has 90 valence electrons. The van der Waals surface area contributed by atoms with Crippen LogP contribution in [-0.4, -0.2) is 27.3 Å². The van der Waals surface area contributed by atoms with Crippen LogP contribution in [0.4, 0.5) is 0 Å². The Balaban J connectivity index is 2.43. The lowest BCUT2D eigenvalue weighted by Gasteiger charge is -2.12. The fraction of sp³-hybridized carbons (Fsp3) is 0.636. The van der Waals surface area contributed by atoms with Crippen LogP contribution in [0.5, 0.6) is 0 Å². The Bertz CT molecular complexity index is 349. The van der Waals surface area contributed by atoms with Crippen molar-refractivity contribution in [2.24, 2.45) is 13.0 Å². The Kier molecular flexibility index (Phi) is 4.86. The van der Waals surface area contributed by atoms with Gasteiger partial charge in [-0.25, -0.2) is 4.98 Å². The average molecular weight is 241 g/mol. The van der Waals surface area contributed by atoms with Gasteiger partial charge in [0.15, 0.2) is 5.16 Å². The summed E-state index contributed by atoms with van der Waals surface area (Å²) in [5, 5.41) is 3.67. The number of amides is 1. The van der Waals surface area contributed by atoms with E-state index in [4.69, 9.17) is 0 Å². The minimum absolute atomic E-state index is 0.0710. The predicted octanol–water partition coefficient (Wildman–Crippen LogP) is 1.67. The summed E-state index contributed by atoms with van der Waals surface area (Å²) in [6, 6.07) is 0. The van der Waals surface area contributed by atoms with E-state index in [2.05, 4.69) is 24.1 Å². The van der Waals surface area contributed by atoms with Gasteiger partial charge in [-0.05, 0) is 12.8 Å². The van der Waals surface area contributed by atoms with Crippen molar-refractivity contribution in [3.8, 4) is 0 Å². The van der Waals surface area contributed by atoms with Gasteiger partial charge in [0.25, 0.3) is 0 Å². The Morgan fingerprint density at radius 2 is 2.25 bits per heavy atom. The first-order chi connectivity index (χ1) is 7.50. The number of nitrogens with one attached hydrogen (secondary N) is 1. The van der Waals surface area contributed by atoms with Crippen molar-refractivity contribution >= 4 is 17.7 Å². The Hall–Kier alpha value is -0.970. The second-order valence-corrected chi connectivity index (χ2v) is 5.53. The van der Waals surface area contributed by atoms with E-state index >= 15 is 0 Å². The van der Waals surface area contributed by atoms with Gasteiger partial charge in [0.1, 0.15) is 0 Å². The van der Waals surface area contributed by atoms with Crippen molar-refractivity contribution in [2.45, 2.75) is 31.2 Å². The van der Waals surface area contributed by atoms with Crippen LogP contribution in [0.3, 0.4) is 0 Å². The molecular formula is C11H19N3OS. The maximum Gasteiger partial charge on any atom is 0.233 e.